The van der Waals surface area contributed by atoms with Crippen LogP contribution in [0, 0.1) is 0 Å². The fourth-order valence-electron chi connectivity index (χ4n) is 2.05. The number of amides is 1. The minimum absolute atomic E-state index is 0.221. The molecule has 0 radical (unpaired) electrons. The van der Waals surface area contributed by atoms with E-state index in [4.69, 9.17) is 4.74 Å². The van der Waals surface area contributed by atoms with E-state index in [2.05, 4.69) is 10.3 Å². The fourth-order valence-corrected chi connectivity index (χ4v) is 2.05. The summed E-state index contributed by atoms with van der Waals surface area (Å²) in [5, 5.41) is 3.15. The summed E-state index contributed by atoms with van der Waals surface area (Å²) in [6.07, 6.45) is 3.24. The molecule has 1 aromatic heterocycles. The molecular weight excluding hydrogens is 286 g/mol. The second-order valence-electron chi connectivity index (χ2n) is 5.20. The third-order valence-corrected chi connectivity index (χ3v) is 3.34. The van der Waals surface area contributed by atoms with Crippen LogP contribution in [0.5, 0.6) is 0 Å². The third kappa shape index (κ3) is 3.30. The number of carbonyl (C=O) groups excluding carboxylic acids is 2. The van der Waals surface area contributed by atoms with Crippen LogP contribution in [-0.2, 0) is 20.9 Å². The molecule has 0 spiro atoms. The number of esters is 1. The van der Waals surface area contributed by atoms with Crippen LogP contribution in [-0.4, -0.2) is 34.1 Å². The largest absolute Gasteiger partial charge is 0.454 e. The Morgan fingerprint density at radius 2 is 2.09 bits per heavy atom. The molecule has 1 aliphatic rings. The average Bonchev–Trinajstić information content (AvgIpc) is 3.32. The van der Waals surface area contributed by atoms with Gasteiger partial charge in [-0.15, -0.1) is 0 Å². The summed E-state index contributed by atoms with van der Waals surface area (Å²) >= 11 is 0. The standard InChI is InChI=1S/C15H15N3O4/c19-13(17-10-5-6-10)8-22-14(20)7-18-9-16-12-4-2-1-3-11(12)15(18)21/h1-4,9-10H,5-8H2,(H,17,19). The Hall–Kier alpha value is -2.70. The highest BCUT2D eigenvalue weighted by atomic mass is 16.5. The Kier molecular flexibility index (Phi) is 3.86. The minimum Gasteiger partial charge on any atom is -0.454 e. The van der Waals surface area contributed by atoms with Gasteiger partial charge in [0.1, 0.15) is 6.54 Å². The topological polar surface area (TPSA) is 90.3 Å². The second kappa shape index (κ2) is 5.97. The maximum absolute atomic E-state index is 12.2. The number of benzene rings is 1. The van der Waals surface area contributed by atoms with Crippen molar-refractivity contribution in [1.29, 1.82) is 0 Å². The number of nitrogens with one attached hydrogen (secondary N) is 1. The maximum Gasteiger partial charge on any atom is 0.326 e. The molecule has 114 valence electrons. The van der Waals surface area contributed by atoms with Crippen LogP contribution in [0.25, 0.3) is 10.9 Å². The molecule has 0 bridgehead atoms. The molecule has 2 aromatic rings. The number of rotatable bonds is 5. The van der Waals surface area contributed by atoms with Crippen molar-refractivity contribution < 1.29 is 14.3 Å². The zero-order valence-electron chi connectivity index (χ0n) is 11.8. The first-order valence-corrected chi connectivity index (χ1v) is 7.02. The lowest BCUT2D eigenvalue weighted by atomic mass is 10.2. The van der Waals surface area contributed by atoms with Crippen molar-refractivity contribution in [2.45, 2.75) is 25.4 Å². The molecule has 1 aromatic carbocycles. The summed E-state index contributed by atoms with van der Waals surface area (Å²) in [5.74, 6) is -0.968. The van der Waals surface area contributed by atoms with Crippen LogP contribution in [0.1, 0.15) is 12.8 Å². The number of aromatic nitrogens is 2. The van der Waals surface area contributed by atoms with Gasteiger partial charge in [-0.2, -0.15) is 0 Å². The molecule has 0 saturated heterocycles. The molecule has 1 amide bonds. The van der Waals surface area contributed by atoms with Crippen molar-refractivity contribution in [1.82, 2.24) is 14.9 Å². The van der Waals surface area contributed by atoms with Gasteiger partial charge >= 0.3 is 5.97 Å². The van der Waals surface area contributed by atoms with Gasteiger partial charge in [0.2, 0.25) is 0 Å². The Morgan fingerprint density at radius 3 is 2.86 bits per heavy atom. The Bertz CT molecular complexity index is 780. The molecule has 7 heteroatoms. The van der Waals surface area contributed by atoms with Crippen molar-refractivity contribution in [2.24, 2.45) is 0 Å². The molecule has 1 heterocycles. The van der Waals surface area contributed by atoms with E-state index in [1.54, 1.807) is 24.3 Å². The first-order valence-electron chi connectivity index (χ1n) is 7.02. The molecule has 3 rings (SSSR count). The zero-order chi connectivity index (χ0) is 15.5. The highest BCUT2D eigenvalue weighted by Gasteiger charge is 2.23. The predicted octanol–water partition coefficient (Wildman–Crippen LogP) is 0.218. The van der Waals surface area contributed by atoms with Crippen molar-refractivity contribution in [3.63, 3.8) is 0 Å². The number of hydrogen-bond acceptors (Lipinski definition) is 5. The molecule has 0 atom stereocenters. The van der Waals surface area contributed by atoms with E-state index in [1.807, 2.05) is 0 Å². The van der Waals surface area contributed by atoms with Gasteiger partial charge in [0.25, 0.3) is 11.5 Å². The Balaban J connectivity index is 1.62. The summed E-state index contributed by atoms with van der Waals surface area (Å²) in [4.78, 5) is 39.4. The van der Waals surface area contributed by atoms with E-state index in [9.17, 15) is 14.4 Å². The third-order valence-electron chi connectivity index (χ3n) is 3.34. The normalized spacial score (nSPS) is 13.8. The van der Waals surface area contributed by atoms with Crippen molar-refractivity contribution >= 4 is 22.8 Å². The second-order valence-corrected chi connectivity index (χ2v) is 5.20. The monoisotopic (exact) mass is 301 g/mol. The highest BCUT2D eigenvalue weighted by Crippen LogP contribution is 2.18. The van der Waals surface area contributed by atoms with Gasteiger partial charge in [-0.05, 0) is 25.0 Å². The summed E-state index contributed by atoms with van der Waals surface area (Å²) in [6.45, 7) is -0.599. The smallest absolute Gasteiger partial charge is 0.326 e. The molecular formula is C15H15N3O4. The molecule has 1 aliphatic carbocycles. The molecule has 7 nitrogen and oxygen atoms in total. The Morgan fingerprint density at radius 1 is 1.32 bits per heavy atom. The average molecular weight is 301 g/mol. The molecule has 0 aliphatic heterocycles. The van der Waals surface area contributed by atoms with Gasteiger partial charge in [-0.1, -0.05) is 12.1 Å². The van der Waals surface area contributed by atoms with Gasteiger partial charge < -0.3 is 10.1 Å². The number of hydrogen-bond donors (Lipinski definition) is 1. The molecule has 1 fully saturated rings. The lowest BCUT2D eigenvalue weighted by Gasteiger charge is -2.07. The van der Waals surface area contributed by atoms with Crippen LogP contribution in [0.2, 0.25) is 0 Å². The van der Waals surface area contributed by atoms with Crippen LogP contribution in [0.3, 0.4) is 0 Å². The molecule has 1 N–H and O–H groups in total. The van der Waals surface area contributed by atoms with E-state index in [0.717, 1.165) is 12.8 Å². The van der Waals surface area contributed by atoms with Crippen LogP contribution in [0.15, 0.2) is 35.4 Å². The zero-order valence-corrected chi connectivity index (χ0v) is 11.8. The van der Waals surface area contributed by atoms with Crippen molar-refractivity contribution in [2.75, 3.05) is 6.61 Å². The highest BCUT2D eigenvalue weighted by molar-refractivity contribution is 5.81. The van der Waals surface area contributed by atoms with Gasteiger partial charge in [0.15, 0.2) is 6.61 Å². The van der Waals surface area contributed by atoms with E-state index in [1.165, 1.54) is 10.9 Å². The predicted molar refractivity (Wildman–Crippen MR) is 78.1 cm³/mol. The summed E-state index contributed by atoms with van der Waals surface area (Å²) in [6, 6.07) is 7.11. The minimum atomic E-state index is -0.648. The first kappa shape index (κ1) is 14.2. The quantitative estimate of drug-likeness (QED) is 0.798. The van der Waals surface area contributed by atoms with Crippen molar-refractivity contribution in [3.8, 4) is 0 Å². The summed E-state index contributed by atoms with van der Waals surface area (Å²) in [5.41, 5.74) is 0.255. The van der Waals surface area contributed by atoms with Crippen molar-refractivity contribution in [3.05, 3.63) is 40.9 Å². The number of carbonyl (C=O) groups is 2. The Labute approximate surface area is 125 Å². The first-order chi connectivity index (χ1) is 10.6. The number of ether oxygens (including phenoxy) is 1. The lowest BCUT2D eigenvalue weighted by molar-refractivity contribution is -0.149. The van der Waals surface area contributed by atoms with E-state index >= 15 is 0 Å². The van der Waals surface area contributed by atoms with E-state index in [0.29, 0.717) is 10.9 Å². The van der Waals surface area contributed by atoms with E-state index in [-0.39, 0.29) is 30.7 Å². The molecule has 0 unspecified atom stereocenters. The fraction of sp³-hybridized carbons (Fsp3) is 0.333. The van der Waals surface area contributed by atoms with E-state index < -0.39 is 5.97 Å². The molecule has 22 heavy (non-hydrogen) atoms. The summed E-state index contributed by atoms with van der Waals surface area (Å²) < 4.78 is 6.04. The van der Waals surface area contributed by atoms with Gasteiger partial charge in [-0.3, -0.25) is 19.0 Å². The van der Waals surface area contributed by atoms with Crippen LogP contribution >= 0.6 is 0 Å². The lowest BCUT2D eigenvalue weighted by Crippen LogP contribution is -2.32. The summed E-state index contributed by atoms with van der Waals surface area (Å²) in [7, 11) is 0. The van der Waals surface area contributed by atoms with Gasteiger partial charge in [0, 0.05) is 6.04 Å². The van der Waals surface area contributed by atoms with Crippen LogP contribution in [0.4, 0.5) is 0 Å². The SMILES string of the molecule is O=C(COC(=O)Cn1cnc2ccccc2c1=O)NC1CC1. The van der Waals surface area contributed by atoms with Crippen LogP contribution < -0.4 is 10.9 Å². The van der Waals surface area contributed by atoms with Gasteiger partial charge in [-0.25, -0.2) is 4.98 Å². The number of fused-ring (bicyclic) bond motifs is 1. The number of para-hydroxylation sites is 1. The van der Waals surface area contributed by atoms with Gasteiger partial charge in [0.05, 0.1) is 17.2 Å². The molecule has 1 saturated carbocycles. The number of nitrogens with zero attached hydrogens (tertiary/aromatic N) is 2. The maximum atomic E-state index is 12.2.